The molecule has 1 heterocycles. The molecule has 1 aromatic carbocycles. The molecule has 0 saturated heterocycles. The zero-order chi connectivity index (χ0) is 16.3. The summed E-state index contributed by atoms with van der Waals surface area (Å²) in [6.07, 6.45) is 1.55. The molecular weight excluding hydrogens is 317 g/mol. The lowest BCUT2D eigenvalue weighted by Crippen LogP contribution is -2.24. The van der Waals surface area contributed by atoms with Crippen LogP contribution < -0.4 is 10.6 Å². The number of terminal acetylenes is 1. The summed E-state index contributed by atoms with van der Waals surface area (Å²) < 4.78 is 37.9. The summed E-state index contributed by atoms with van der Waals surface area (Å²) in [6, 6.07) is 3.02. The van der Waals surface area contributed by atoms with Crippen LogP contribution >= 0.6 is 11.8 Å². The van der Waals surface area contributed by atoms with Gasteiger partial charge in [-0.15, -0.1) is 6.42 Å². The Morgan fingerprint density at radius 1 is 1.45 bits per heavy atom. The molecule has 1 aromatic rings. The Labute approximate surface area is 128 Å². The lowest BCUT2D eigenvalue weighted by molar-refractivity contribution is -0.137. The molecule has 0 saturated carbocycles. The van der Waals surface area contributed by atoms with Gasteiger partial charge in [-0.05, 0) is 18.2 Å². The molecule has 0 spiro atoms. The van der Waals surface area contributed by atoms with Crippen molar-refractivity contribution in [1.29, 1.82) is 0 Å². The maximum absolute atomic E-state index is 12.6. The van der Waals surface area contributed by atoms with Crippen LogP contribution in [0.1, 0.15) is 5.56 Å². The summed E-state index contributed by atoms with van der Waals surface area (Å²) in [6.45, 7) is 0.0143. The van der Waals surface area contributed by atoms with E-state index >= 15 is 0 Å². The van der Waals surface area contributed by atoms with Crippen molar-refractivity contribution in [3.8, 4) is 12.3 Å². The van der Waals surface area contributed by atoms with Crippen molar-refractivity contribution in [3.63, 3.8) is 0 Å². The van der Waals surface area contributed by atoms with Crippen LogP contribution in [0.5, 0.6) is 0 Å². The monoisotopic (exact) mass is 326 g/mol. The van der Waals surface area contributed by atoms with E-state index < -0.39 is 23.6 Å². The molecule has 114 valence electrons. The van der Waals surface area contributed by atoms with E-state index in [2.05, 4.69) is 16.6 Å². The van der Waals surface area contributed by atoms with Crippen molar-refractivity contribution in [2.75, 3.05) is 11.9 Å². The Balaban J connectivity index is 2.24. The highest BCUT2D eigenvalue weighted by atomic mass is 32.2. The number of nitrogens with one attached hydrogen (secondary N) is 2. The second-order valence-electron chi connectivity index (χ2n) is 4.20. The van der Waals surface area contributed by atoms with Gasteiger partial charge in [-0.2, -0.15) is 13.2 Å². The molecule has 0 aliphatic carbocycles. The van der Waals surface area contributed by atoms with Crippen LogP contribution in [0.25, 0.3) is 0 Å². The van der Waals surface area contributed by atoms with E-state index in [4.69, 9.17) is 6.42 Å². The Hall–Kier alpha value is -2.40. The Kier molecular flexibility index (Phi) is 4.47. The number of hydrogen-bond donors (Lipinski definition) is 2. The quantitative estimate of drug-likeness (QED) is 0.648. The number of rotatable bonds is 2. The van der Waals surface area contributed by atoms with Gasteiger partial charge in [0.15, 0.2) is 0 Å². The number of thioether (sulfide) groups is 1. The summed E-state index contributed by atoms with van der Waals surface area (Å²) >= 11 is 0.915. The second kappa shape index (κ2) is 6.15. The molecule has 0 radical (unpaired) electrons. The normalized spacial score (nSPS) is 15.7. The lowest BCUT2D eigenvalue weighted by Gasteiger charge is -2.19. The maximum atomic E-state index is 12.6. The van der Waals surface area contributed by atoms with Crippen LogP contribution in [-0.2, 0) is 15.8 Å². The van der Waals surface area contributed by atoms with E-state index in [9.17, 15) is 22.8 Å². The first-order valence-corrected chi connectivity index (χ1v) is 6.76. The molecule has 0 fully saturated rings. The van der Waals surface area contributed by atoms with Crippen molar-refractivity contribution in [1.82, 2.24) is 5.32 Å². The zero-order valence-electron chi connectivity index (χ0n) is 11.0. The molecule has 8 heteroatoms. The first kappa shape index (κ1) is 16.0. The Morgan fingerprint density at radius 3 is 2.82 bits per heavy atom. The van der Waals surface area contributed by atoms with Gasteiger partial charge in [0.25, 0.3) is 5.91 Å². The number of amides is 2. The minimum Gasteiger partial charge on any atom is -0.342 e. The number of benzene rings is 1. The van der Waals surface area contributed by atoms with Crippen LogP contribution in [0.3, 0.4) is 0 Å². The van der Waals surface area contributed by atoms with E-state index in [1.54, 1.807) is 0 Å². The summed E-state index contributed by atoms with van der Waals surface area (Å²) in [5.41, 5.74) is -0.794. The average Bonchev–Trinajstić information content (AvgIpc) is 2.44. The molecule has 22 heavy (non-hydrogen) atoms. The summed E-state index contributed by atoms with van der Waals surface area (Å²) in [7, 11) is 0. The predicted octanol–water partition coefficient (Wildman–Crippen LogP) is 2.38. The van der Waals surface area contributed by atoms with Gasteiger partial charge in [0.1, 0.15) is 0 Å². The number of anilines is 1. The van der Waals surface area contributed by atoms with Gasteiger partial charge in [-0.3, -0.25) is 9.59 Å². The summed E-state index contributed by atoms with van der Waals surface area (Å²) in [5.74, 6) is 1.01. The molecule has 0 unspecified atom stereocenters. The van der Waals surface area contributed by atoms with Crippen molar-refractivity contribution < 1.29 is 22.8 Å². The van der Waals surface area contributed by atoms with Gasteiger partial charge in [-0.25, -0.2) is 0 Å². The van der Waals surface area contributed by atoms with Gasteiger partial charge >= 0.3 is 6.18 Å². The number of carbonyl (C=O) groups is 2. The second-order valence-corrected chi connectivity index (χ2v) is 5.28. The van der Waals surface area contributed by atoms with Gasteiger partial charge < -0.3 is 10.6 Å². The molecule has 0 atom stereocenters. The van der Waals surface area contributed by atoms with Crippen molar-refractivity contribution >= 4 is 29.3 Å². The van der Waals surface area contributed by atoms with Gasteiger partial charge in [0, 0.05) is 11.0 Å². The Morgan fingerprint density at radius 2 is 2.18 bits per heavy atom. The molecule has 4 nitrogen and oxygen atoms in total. The smallest absolute Gasteiger partial charge is 0.342 e. The van der Waals surface area contributed by atoms with Crippen molar-refractivity contribution in [2.24, 2.45) is 0 Å². The standard InChI is InChI=1S/C14H9F3N2O2S/c1-2-5-18-12(20)7-11-13(21)19-9-6-8(14(15,16)17)3-4-10(9)22-11/h1,3-4,6-7H,5H2,(H,18,20)(H,19,21). The number of carbonyl (C=O) groups excluding carboxylic acids is 2. The molecule has 2 N–H and O–H groups in total. The largest absolute Gasteiger partial charge is 0.416 e. The highest BCUT2D eigenvalue weighted by Gasteiger charge is 2.32. The maximum Gasteiger partial charge on any atom is 0.416 e. The highest BCUT2D eigenvalue weighted by Crippen LogP contribution is 2.41. The third-order valence-corrected chi connectivity index (χ3v) is 3.72. The molecule has 2 rings (SSSR count). The SMILES string of the molecule is C#CCNC(=O)C=C1Sc2ccc(C(F)(F)F)cc2NC1=O. The van der Waals surface area contributed by atoms with Crippen molar-refractivity contribution in [3.05, 3.63) is 34.7 Å². The molecule has 2 amide bonds. The average molecular weight is 326 g/mol. The minimum atomic E-state index is -4.49. The van der Waals surface area contributed by atoms with Crippen LogP contribution in [0.2, 0.25) is 0 Å². The minimum absolute atomic E-state index is 0.0143. The first-order valence-electron chi connectivity index (χ1n) is 5.94. The number of hydrogen-bond acceptors (Lipinski definition) is 3. The molecule has 0 bridgehead atoms. The third kappa shape index (κ3) is 3.62. The fraction of sp³-hybridized carbons (Fsp3) is 0.143. The van der Waals surface area contributed by atoms with E-state index in [1.165, 1.54) is 6.07 Å². The molecular formula is C14H9F3N2O2S. The zero-order valence-corrected chi connectivity index (χ0v) is 11.8. The third-order valence-electron chi connectivity index (χ3n) is 2.63. The van der Waals surface area contributed by atoms with E-state index in [0.717, 1.165) is 30.0 Å². The topological polar surface area (TPSA) is 58.2 Å². The lowest BCUT2D eigenvalue weighted by atomic mass is 10.2. The van der Waals surface area contributed by atoms with Gasteiger partial charge in [0.05, 0.1) is 22.7 Å². The molecule has 1 aliphatic heterocycles. The summed E-state index contributed by atoms with van der Waals surface area (Å²) in [4.78, 5) is 23.8. The van der Waals surface area contributed by atoms with Gasteiger partial charge in [-0.1, -0.05) is 17.7 Å². The highest BCUT2D eigenvalue weighted by molar-refractivity contribution is 8.04. The molecule has 1 aliphatic rings. The van der Waals surface area contributed by atoms with E-state index in [0.29, 0.717) is 4.90 Å². The fourth-order valence-electron chi connectivity index (χ4n) is 1.64. The van der Waals surface area contributed by atoms with Crippen LogP contribution in [-0.4, -0.2) is 18.4 Å². The summed E-state index contributed by atoms with van der Waals surface area (Å²) in [5, 5.41) is 4.70. The van der Waals surface area contributed by atoms with E-state index in [1.807, 2.05) is 0 Å². The Bertz CT molecular complexity index is 705. The fourth-order valence-corrected chi connectivity index (χ4v) is 2.55. The van der Waals surface area contributed by atoms with E-state index in [-0.39, 0.29) is 17.1 Å². The van der Waals surface area contributed by atoms with Crippen LogP contribution in [0, 0.1) is 12.3 Å². The van der Waals surface area contributed by atoms with Crippen LogP contribution in [0.4, 0.5) is 18.9 Å². The predicted molar refractivity (Wildman–Crippen MR) is 75.9 cm³/mol. The number of halogens is 3. The van der Waals surface area contributed by atoms with Gasteiger partial charge in [0.2, 0.25) is 5.91 Å². The van der Waals surface area contributed by atoms with Crippen LogP contribution in [0.15, 0.2) is 34.1 Å². The number of fused-ring (bicyclic) bond motifs is 1. The molecule has 0 aromatic heterocycles. The first-order chi connectivity index (χ1) is 10.3. The van der Waals surface area contributed by atoms with Crippen molar-refractivity contribution in [2.45, 2.75) is 11.1 Å². The number of alkyl halides is 3.